The van der Waals surface area contributed by atoms with Gasteiger partial charge in [-0.25, -0.2) is 0 Å². The van der Waals surface area contributed by atoms with E-state index in [0.29, 0.717) is 19.3 Å². The monoisotopic (exact) mass is 728 g/mol. The van der Waals surface area contributed by atoms with Gasteiger partial charge in [-0.3, -0.25) is 0 Å². The third-order valence-electron chi connectivity index (χ3n) is 14.3. The number of ether oxygens (including phenoxy) is 5. The number of aliphatic hydroxyl groups excluding tert-OH is 7. The lowest BCUT2D eigenvalue weighted by Gasteiger charge is -2.66. The molecule has 0 bridgehead atoms. The molecule has 2 heterocycles. The number of allylic oxidation sites excluding steroid dienone is 1. The highest BCUT2D eigenvalue weighted by atomic mass is 16.8. The van der Waals surface area contributed by atoms with Gasteiger partial charge < -0.3 is 64.5 Å². The van der Waals surface area contributed by atoms with Crippen LogP contribution in [0, 0.1) is 46.3 Å². The Morgan fingerprint density at radius 3 is 2.02 bits per heavy atom. The van der Waals surface area contributed by atoms with Crippen molar-refractivity contribution in [1.82, 2.24) is 0 Å². The van der Waals surface area contributed by atoms with Crippen molar-refractivity contribution in [2.75, 3.05) is 20.3 Å². The van der Waals surface area contributed by atoms with E-state index >= 15 is 0 Å². The maximum absolute atomic E-state index is 12.6. The molecule has 13 nitrogen and oxygen atoms in total. The number of rotatable bonds is 9. The van der Waals surface area contributed by atoms with Crippen molar-refractivity contribution in [3.8, 4) is 0 Å². The van der Waals surface area contributed by atoms with Crippen LogP contribution in [0.25, 0.3) is 0 Å². The standard InChI is InChI=1S/C38H64O13/c1-18(2)27(50-35-32(30(45)26(43)17-49-35)51-34-31(47-6)29(44)25(42)16-48-34)8-7-19(3)21-14-23(40)33-37(21,5)12-10-28-36(4)11-9-20(39)13-22(36)24(41)15-38(28,33)46/h7-8,18-35,39-46H,9-17H2,1-6H3/b8-7+/t19-,20+,21-,22-,23-,24+,25-,26-,27+,28-,29+,30+,31-,32-,33-,34+,35+,36+,37-,38+/m1/s1. The van der Waals surface area contributed by atoms with Gasteiger partial charge >= 0.3 is 0 Å². The minimum absolute atomic E-state index is 0.000856. The summed E-state index contributed by atoms with van der Waals surface area (Å²) in [6.45, 7) is 10.1. The molecule has 6 fully saturated rings. The van der Waals surface area contributed by atoms with Gasteiger partial charge in [0.2, 0.25) is 0 Å². The van der Waals surface area contributed by atoms with Crippen molar-refractivity contribution in [3.63, 3.8) is 0 Å². The predicted octanol–water partition coefficient (Wildman–Crippen LogP) is 0.853. The Bertz CT molecular complexity index is 1220. The molecule has 0 unspecified atom stereocenters. The summed E-state index contributed by atoms with van der Waals surface area (Å²) in [7, 11) is 1.35. The molecule has 2 saturated heterocycles. The average Bonchev–Trinajstić information content (AvgIpc) is 3.35. The Morgan fingerprint density at radius 1 is 0.745 bits per heavy atom. The Kier molecular flexibility index (Phi) is 11.8. The maximum atomic E-state index is 12.6. The van der Waals surface area contributed by atoms with E-state index in [-0.39, 0.29) is 66.0 Å². The fraction of sp³-hybridized carbons (Fsp3) is 0.947. The first-order chi connectivity index (χ1) is 24.0. The van der Waals surface area contributed by atoms with Crippen molar-refractivity contribution in [2.24, 2.45) is 46.3 Å². The van der Waals surface area contributed by atoms with E-state index < -0.39 is 79.2 Å². The van der Waals surface area contributed by atoms with Crippen LogP contribution in [-0.2, 0) is 23.7 Å². The molecular weight excluding hydrogens is 664 g/mol. The fourth-order valence-corrected chi connectivity index (χ4v) is 11.7. The predicted molar refractivity (Wildman–Crippen MR) is 183 cm³/mol. The summed E-state index contributed by atoms with van der Waals surface area (Å²) in [5, 5.41) is 88.1. The van der Waals surface area contributed by atoms with Gasteiger partial charge in [0.05, 0.1) is 43.2 Å². The molecule has 20 atom stereocenters. The van der Waals surface area contributed by atoms with E-state index in [1.807, 2.05) is 19.9 Å². The van der Waals surface area contributed by atoms with Crippen LogP contribution in [0.3, 0.4) is 0 Å². The Labute approximate surface area is 301 Å². The molecule has 13 heteroatoms. The van der Waals surface area contributed by atoms with E-state index in [0.717, 1.165) is 19.3 Å². The first kappa shape index (κ1) is 39.9. The third-order valence-corrected chi connectivity index (χ3v) is 14.3. The molecule has 294 valence electrons. The third kappa shape index (κ3) is 7.00. The molecule has 4 aliphatic carbocycles. The summed E-state index contributed by atoms with van der Waals surface area (Å²) >= 11 is 0. The second-order valence-electron chi connectivity index (χ2n) is 17.7. The normalized spacial score (nSPS) is 53.0. The molecular formula is C38H64O13. The molecule has 51 heavy (non-hydrogen) atoms. The zero-order valence-corrected chi connectivity index (χ0v) is 31.0. The summed E-state index contributed by atoms with van der Waals surface area (Å²) in [6.07, 6.45) is -3.62. The minimum atomic E-state index is -1.39. The maximum Gasteiger partial charge on any atom is 0.187 e. The van der Waals surface area contributed by atoms with Crippen LogP contribution >= 0.6 is 0 Å². The number of methoxy groups -OCH3 is 1. The van der Waals surface area contributed by atoms with Crippen LogP contribution in [0.15, 0.2) is 12.2 Å². The van der Waals surface area contributed by atoms with Crippen LogP contribution in [-0.4, -0.2) is 140 Å². The average molecular weight is 729 g/mol. The Morgan fingerprint density at radius 2 is 1.37 bits per heavy atom. The summed E-state index contributed by atoms with van der Waals surface area (Å²) in [6, 6.07) is 0. The zero-order valence-electron chi connectivity index (χ0n) is 31.0. The van der Waals surface area contributed by atoms with Gasteiger partial charge in [-0.2, -0.15) is 0 Å². The highest BCUT2D eigenvalue weighted by molar-refractivity contribution is 5.21. The molecule has 0 aromatic carbocycles. The summed E-state index contributed by atoms with van der Waals surface area (Å²) in [5.41, 5.74) is -1.89. The Hall–Kier alpha value is -0.780. The van der Waals surface area contributed by atoms with Gasteiger partial charge in [-0.05, 0) is 78.9 Å². The van der Waals surface area contributed by atoms with E-state index in [2.05, 4.69) is 26.8 Å². The number of hydrogen-bond donors (Lipinski definition) is 8. The van der Waals surface area contributed by atoms with Crippen molar-refractivity contribution >= 4 is 0 Å². The van der Waals surface area contributed by atoms with Crippen LogP contribution < -0.4 is 0 Å². The molecule has 8 N–H and O–H groups in total. The van der Waals surface area contributed by atoms with E-state index in [4.69, 9.17) is 23.7 Å². The number of fused-ring (bicyclic) bond motifs is 5. The van der Waals surface area contributed by atoms with Gasteiger partial charge in [0, 0.05) is 19.4 Å². The van der Waals surface area contributed by atoms with Crippen LogP contribution in [0.4, 0.5) is 0 Å². The van der Waals surface area contributed by atoms with Crippen molar-refractivity contribution in [1.29, 1.82) is 0 Å². The first-order valence-corrected chi connectivity index (χ1v) is 19.2. The molecule has 2 aliphatic heterocycles. The molecule has 0 aromatic rings. The lowest BCUT2D eigenvalue weighted by Crippen LogP contribution is -2.68. The van der Waals surface area contributed by atoms with Crippen LogP contribution in [0.2, 0.25) is 0 Å². The second kappa shape index (κ2) is 15.0. The Balaban J connectivity index is 1.17. The molecule has 6 aliphatic rings. The molecule has 0 aromatic heterocycles. The summed E-state index contributed by atoms with van der Waals surface area (Å²) in [4.78, 5) is 0. The molecule has 4 saturated carbocycles. The van der Waals surface area contributed by atoms with Crippen molar-refractivity contribution in [3.05, 3.63) is 12.2 Å². The fourth-order valence-electron chi connectivity index (χ4n) is 11.7. The van der Waals surface area contributed by atoms with E-state index in [1.54, 1.807) is 0 Å². The number of aliphatic hydroxyl groups is 8. The van der Waals surface area contributed by atoms with Gasteiger partial charge in [-0.15, -0.1) is 0 Å². The summed E-state index contributed by atoms with van der Waals surface area (Å²) in [5.74, 6) is -0.500. The van der Waals surface area contributed by atoms with Gasteiger partial charge in [0.25, 0.3) is 0 Å². The minimum Gasteiger partial charge on any atom is -0.393 e. The summed E-state index contributed by atoms with van der Waals surface area (Å²) < 4.78 is 29.2. The smallest absolute Gasteiger partial charge is 0.187 e. The van der Waals surface area contributed by atoms with Gasteiger partial charge in [0.1, 0.15) is 36.6 Å². The van der Waals surface area contributed by atoms with Crippen LogP contribution in [0.1, 0.15) is 79.6 Å². The molecule has 0 radical (unpaired) electrons. The quantitative estimate of drug-likeness (QED) is 0.155. The first-order valence-electron chi connectivity index (χ1n) is 19.2. The molecule has 0 amide bonds. The van der Waals surface area contributed by atoms with E-state index in [1.165, 1.54) is 7.11 Å². The molecule has 6 rings (SSSR count). The largest absolute Gasteiger partial charge is 0.393 e. The topological polar surface area (TPSA) is 208 Å². The van der Waals surface area contributed by atoms with Crippen LogP contribution in [0.5, 0.6) is 0 Å². The number of hydrogen-bond acceptors (Lipinski definition) is 13. The van der Waals surface area contributed by atoms with E-state index in [9.17, 15) is 40.9 Å². The van der Waals surface area contributed by atoms with Gasteiger partial charge in [-0.1, -0.05) is 46.8 Å². The molecule has 0 spiro atoms. The lowest BCUT2D eigenvalue weighted by atomic mass is 9.42. The zero-order chi connectivity index (χ0) is 37.2. The highest BCUT2D eigenvalue weighted by Crippen LogP contribution is 2.69. The van der Waals surface area contributed by atoms with Crippen molar-refractivity contribution in [2.45, 2.75) is 159 Å². The SMILES string of the molecule is CO[C@H]1[C@H](O[C@H]2[C@H](O[C@@H](/C=C/[C@@H](C)[C@H]3C[C@@H](O)[C@@H]4[C@]3(C)CC[C@@H]3[C@@]5(C)CC[C@H](O)C[C@@H]5[C@@H](O)C[C@]34O)C(C)C)OC[C@@H](O)[C@@H]2O)OC[C@@H](O)[C@@H]1O. The van der Waals surface area contributed by atoms with Gasteiger partial charge in [0.15, 0.2) is 12.6 Å². The lowest BCUT2D eigenvalue weighted by molar-refractivity contribution is -0.349. The highest BCUT2D eigenvalue weighted by Gasteiger charge is 2.70. The second-order valence-corrected chi connectivity index (χ2v) is 17.7. The van der Waals surface area contributed by atoms with Crippen molar-refractivity contribution < 1.29 is 64.5 Å².